The van der Waals surface area contributed by atoms with Crippen molar-refractivity contribution < 1.29 is 4.74 Å². The summed E-state index contributed by atoms with van der Waals surface area (Å²) in [6.45, 7) is 0.733. The molecule has 1 atom stereocenters. The Kier molecular flexibility index (Phi) is 3.17. The highest BCUT2D eigenvalue weighted by Crippen LogP contribution is 2.55. The molecule has 0 amide bonds. The van der Waals surface area contributed by atoms with Gasteiger partial charge in [-0.05, 0) is 32.5 Å². The van der Waals surface area contributed by atoms with Gasteiger partial charge in [0.25, 0.3) is 0 Å². The maximum absolute atomic E-state index is 5.89. The quantitative estimate of drug-likeness (QED) is 0.794. The van der Waals surface area contributed by atoms with Crippen LogP contribution in [0.2, 0.25) is 0 Å². The molecule has 0 aromatic heterocycles. The van der Waals surface area contributed by atoms with Crippen LogP contribution in [0.5, 0.6) is 5.75 Å². The Bertz CT molecular complexity index is 361. The molecule has 0 radical (unpaired) electrons. The normalized spacial score (nSPS) is 19.2. The number of nitrogens with two attached hydrogens (primary N) is 1. The number of methoxy groups -OCH3 is 1. The Morgan fingerprint density at radius 2 is 2.12 bits per heavy atom. The highest BCUT2D eigenvalue weighted by molar-refractivity contribution is 5.38. The van der Waals surface area contributed by atoms with Crippen LogP contribution in [-0.4, -0.2) is 20.7 Å². The van der Waals surface area contributed by atoms with E-state index in [9.17, 15) is 0 Å². The van der Waals surface area contributed by atoms with Crippen molar-refractivity contribution in [1.29, 1.82) is 0 Å². The fourth-order valence-electron chi connectivity index (χ4n) is 2.47. The monoisotopic (exact) mass is 220 g/mol. The predicted octanol–water partition coefficient (Wildman–Crippen LogP) is 1.69. The van der Waals surface area contributed by atoms with Gasteiger partial charge in [-0.1, -0.05) is 18.2 Å². The van der Waals surface area contributed by atoms with Gasteiger partial charge in [-0.2, -0.15) is 0 Å². The van der Waals surface area contributed by atoms with E-state index in [0.29, 0.717) is 6.04 Å². The van der Waals surface area contributed by atoms with E-state index >= 15 is 0 Å². The molecule has 16 heavy (non-hydrogen) atoms. The minimum absolute atomic E-state index is 0.239. The second-order valence-corrected chi connectivity index (χ2v) is 4.53. The molecular weight excluding hydrogens is 200 g/mol. The first-order valence-electron chi connectivity index (χ1n) is 5.77. The summed E-state index contributed by atoms with van der Waals surface area (Å²) in [5.74, 6) is 0.946. The Morgan fingerprint density at radius 1 is 1.44 bits per heavy atom. The van der Waals surface area contributed by atoms with Gasteiger partial charge in [-0.25, -0.2) is 0 Å². The molecule has 3 N–H and O–H groups in total. The molecule has 1 saturated carbocycles. The van der Waals surface area contributed by atoms with Gasteiger partial charge in [-0.3, -0.25) is 0 Å². The molecular formula is C13H20N2O. The van der Waals surface area contributed by atoms with Crippen molar-refractivity contribution >= 4 is 0 Å². The average molecular weight is 220 g/mol. The number of hydrogen-bond donors (Lipinski definition) is 2. The highest BCUT2D eigenvalue weighted by Gasteiger charge is 2.48. The Balaban J connectivity index is 2.33. The van der Waals surface area contributed by atoms with Crippen LogP contribution in [0, 0.1) is 5.41 Å². The van der Waals surface area contributed by atoms with Crippen molar-refractivity contribution in [2.75, 3.05) is 20.7 Å². The summed E-state index contributed by atoms with van der Waals surface area (Å²) in [7, 11) is 3.71. The van der Waals surface area contributed by atoms with Gasteiger partial charge in [0.2, 0.25) is 0 Å². The van der Waals surface area contributed by atoms with Crippen molar-refractivity contribution in [2.45, 2.75) is 18.9 Å². The molecule has 0 bridgehead atoms. The van der Waals surface area contributed by atoms with Gasteiger partial charge in [-0.15, -0.1) is 0 Å². The SMILES string of the molecule is CNC(c1ccccc1OC)C1(CN)CC1. The maximum Gasteiger partial charge on any atom is 0.123 e. The summed E-state index contributed by atoms with van der Waals surface area (Å²) in [6.07, 6.45) is 2.40. The molecule has 1 aliphatic rings. The average Bonchev–Trinajstić information content (AvgIpc) is 3.12. The van der Waals surface area contributed by atoms with E-state index in [1.807, 2.05) is 19.2 Å². The number of ether oxygens (including phenoxy) is 1. The van der Waals surface area contributed by atoms with Gasteiger partial charge in [0.15, 0.2) is 0 Å². The zero-order chi connectivity index (χ0) is 11.6. The fourth-order valence-corrected chi connectivity index (χ4v) is 2.47. The fraction of sp³-hybridized carbons (Fsp3) is 0.538. The minimum atomic E-state index is 0.239. The summed E-state index contributed by atoms with van der Waals surface area (Å²) in [5.41, 5.74) is 7.35. The van der Waals surface area contributed by atoms with E-state index in [0.717, 1.165) is 12.3 Å². The molecule has 1 aromatic rings. The van der Waals surface area contributed by atoms with Crippen LogP contribution in [-0.2, 0) is 0 Å². The molecule has 1 aromatic carbocycles. The van der Waals surface area contributed by atoms with E-state index in [4.69, 9.17) is 10.5 Å². The van der Waals surface area contributed by atoms with Crippen molar-refractivity contribution in [2.24, 2.45) is 11.1 Å². The number of hydrogen-bond acceptors (Lipinski definition) is 3. The van der Waals surface area contributed by atoms with E-state index in [1.54, 1.807) is 7.11 Å². The van der Waals surface area contributed by atoms with Crippen LogP contribution < -0.4 is 15.8 Å². The van der Waals surface area contributed by atoms with Crippen LogP contribution in [0.4, 0.5) is 0 Å². The first-order chi connectivity index (χ1) is 7.77. The molecule has 1 fully saturated rings. The van der Waals surface area contributed by atoms with Gasteiger partial charge in [0.05, 0.1) is 7.11 Å². The number of nitrogens with one attached hydrogen (secondary N) is 1. The smallest absolute Gasteiger partial charge is 0.123 e. The third-order valence-corrected chi connectivity index (χ3v) is 3.65. The predicted molar refractivity (Wildman–Crippen MR) is 65.5 cm³/mol. The molecule has 1 unspecified atom stereocenters. The highest BCUT2D eigenvalue weighted by atomic mass is 16.5. The molecule has 88 valence electrons. The topological polar surface area (TPSA) is 47.3 Å². The summed E-state index contributed by atoms with van der Waals surface area (Å²) in [6, 6.07) is 8.47. The number of rotatable bonds is 5. The summed E-state index contributed by atoms with van der Waals surface area (Å²) in [5, 5.41) is 3.39. The molecule has 1 aliphatic carbocycles. The number of para-hydroxylation sites is 1. The zero-order valence-corrected chi connectivity index (χ0v) is 9.99. The van der Waals surface area contributed by atoms with E-state index in [2.05, 4.69) is 17.4 Å². The van der Waals surface area contributed by atoms with Crippen LogP contribution in [0.3, 0.4) is 0 Å². The zero-order valence-electron chi connectivity index (χ0n) is 9.99. The maximum atomic E-state index is 5.89. The summed E-state index contributed by atoms with van der Waals surface area (Å²) >= 11 is 0. The molecule has 0 spiro atoms. The van der Waals surface area contributed by atoms with Gasteiger partial charge < -0.3 is 15.8 Å². The number of benzene rings is 1. The second kappa shape index (κ2) is 4.44. The van der Waals surface area contributed by atoms with Crippen molar-refractivity contribution in [1.82, 2.24) is 5.32 Å². The first kappa shape index (κ1) is 11.4. The first-order valence-corrected chi connectivity index (χ1v) is 5.77. The van der Waals surface area contributed by atoms with Crippen LogP contribution in [0.25, 0.3) is 0 Å². The Labute approximate surface area is 97.0 Å². The second-order valence-electron chi connectivity index (χ2n) is 4.53. The summed E-state index contributed by atoms with van der Waals surface area (Å²) < 4.78 is 5.41. The van der Waals surface area contributed by atoms with E-state index in [-0.39, 0.29) is 5.41 Å². The van der Waals surface area contributed by atoms with Crippen molar-refractivity contribution in [3.8, 4) is 5.75 Å². The Morgan fingerprint density at radius 3 is 2.62 bits per heavy atom. The van der Waals surface area contributed by atoms with Crippen molar-refractivity contribution in [3.63, 3.8) is 0 Å². The minimum Gasteiger partial charge on any atom is -0.496 e. The van der Waals surface area contributed by atoms with E-state index in [1.165, 1.54) is 18.4 Å². The summed E-state index contributed by atoms with van der Waals surface area (Å²) in [4.78, 5) is 0. The molecule has 0 aliphatic heterocycles. The van der Waals surface area contributed by atoms with Crippen LogP contribution in [0.15, 0.2) is 24.3 Å². The lowest BCUT2D eigenvalue weighted by molar-refractivity contribution is 0.343. The van der Waals surface area contributed by atoms with Crippen LogP contribution >= 0.6 is 0 Å². The molecule has 3 heteroatoms. The van der Waals surface area contributed by atoms with E-state index < -0.39 is 0 Å². The lowest BCUT2D eigenvalue weighted by atomic mass is 9.89. The largest absolute Gasteiger partial charge is 0.496 e. The molecule has 3 nitrogen and oxygen atoms in total. The lowest BCUT2D eigenvalue weighted by Crippen LogP contribution is -2.32. The lowest BCUT2D eigenvalue weighted by Gasteiger charge is -2.27. The van der Waals surface area contributed by atoms with Crippen LogP contribution in [0.1, 0.15) is 24.4 Å². The van der Waals surface area contributed by atoms with Crippen molar-refractivity contribution in [3.05, 3.63) is 29.8 Å². The molecule has 0 heterocycles. The van der Waals surface area contributed by atoms with Gasteiger partial charge >= 0.3 is 0 Å². The van der Waals surface area contributed by atoms with Gasteiger partial charge in [0, 0.05) is 17.0 Å². The van der Waals surface area contributed by atoms with Gasteiger partial charge in [0.1, 0.15) is 5.75 Å². The Hall–Kier alpha value is -1.06. The third kappa shape index (κ3) is 1.81. The molecule has 0 saturated heterocycles. The molecule has 2 rings (SSSR count). The standard InChI is InChI=1S/C13H20N2O/c1-15-12(13(9-14)7-8-13)10-5-3-4-6-11(10)16-2/h3-6,12,15H,7-9,14H2,1-2H3. The third-order valence-electron chi connectivity index (χ3n) is 3.65.